The zero-order valence-corrected chi connectivity index (χ0v) is 11.1. The monoisotopic (exact) mass is 265 g/mol. The lowest BCUT2D eigenvalue weighted by Crippen LogP contribution is -2.44. The molecule has 19 heavy (non-hydrogen) atoms. The van der Waals surface area contributed by atoms with E-state index < -0.39 is 11.9 Å². The van der Waals surface area contributed by atoms with Crippen molar-refractivity contribution < 1.29 is 15.1 Å². The summed E-state index contributed by atoms with van der Waals surface area (Å²) in [6, 6.07) is 4.20. The van der Waals surface area contributed by atoms with Crippen LogP contribution >= 0.6 is 0 Å². The van der Waals surface area contributed by atoms with E-state index in [0.717, 1.165) is 12.0 Å². The van der Waals surface area contributed by atoms with Gasteiger partial charge in [0.05, 0.1) is 11.6 Å². The molecule has 104 valence electrons. The van der Waals surface area contributed by atoms with Gasteiger partial charge in [0, 0.05) is 0 Å². The third-order valence-corrected chi connectivity index (χ3v) is 2.75. The number of nitrogens with one attached hydrogen (secondary N) is 1. The average Bonchev–Trinajstić information content (AvgIpc) is 2.40. The van der Waals surface area contributed by atoms with Gasteiger partial charge < -0.3 is 21.4 Å². The number of rotatable bonds is 5. The van der Waals surface area contributed by atoms with Crippen molar-refractivity contribution in [1.29, 1.82) is 0 Å². The maximum Gasteiger partial charge on any atom is 0.255 e. The first-order valence-corrected chi connectivity index (χ1v) is 6.07. The third-order valence-electron chi connectivity index (χ3n) is 2.75. The molecule has 0 aliphatic heterocycles. The normalized spacial score (nSPS) is 13.1. The summed E-state index contributed by atoms with van der Waals surface area (Å²) in [5.74, 6) is -0.605. The predicted octanol–water partition coefficient (Wildman–Crippen LogP) is 1.35. The fraction of sp³-hybridized carbons (Fsp3) is 0.385. The summed E-state index contributed by atoms with van der Waals surface area (Å²) in [7, 11) is 0. The minimum atomic E-state index is -0.553. The standard InChI is InChI=1S/C13H19N3O3/c1-3-4-10(12(14)16-19)15-13(18)9-7-8(2)5-6-11(9)17/h5-7,10,17,19H,3-4H2,1-2H3,(H2,14,16)(H,15,18). The highest BCUT2D eigenvalue weighted by Gasteiger charge is 2.19. The third kappa shape index (κ3) is 3.87. The molecule has 1 atom stereocenters. The fourth-order valence-electron chi connectivity index (χ4n) is 1.72. The van der Waals surface area contributed by atoms with Gasteiger partial charge in [-0.2, -0.15) is 0 Å². The Labute approximate surface area is 111 Å². The number of nitrogens with two attached hydrogens (primary N) is 1. The van der Waals surface area contributed by atoms with Crippen LogP contribution in [0.5, 0.6) is 5.75 Å². The van der Waals surface area contributed by atoms with Gasteiger partial charge in [-0.1, -0.05) is 30.1 Å². The first kappa shape index (κ1) is 14.8. The Morgan fingerprint density at radius 3 is 2.79 bits per heavy atom. The minimum Gasteiger partial charge on any atom is -0.507 e. The maximum absolute atomic E-state index is 12.1. The molecular formula is C13H19N3O3. The molecule has 0 heterocycles. The van der Waals surface area contributed by atoms with Crippen LogP contribution in [0.3, 0.4) is 0 Å². The van der Waals surface area contributed by atoms with Crippen molar-refractivity contribution in [3.8, 4) is 5.75 Å². The van der Waals surface area contributed by atoms with Crippen molar-refractivity contribution in [2.45, 2.75) is 32.7 Å². The smallest absolute Gasteiger partial charge is 0.255 e. The number of benzene rings is 1. The van der Waals surface area contributed by atoms with Gasteiger partial charge >= 0.3 is 0 Å². The van der Waals surface area contributed by atoms with E-state index in [-0.39, 0.29) is 17.1 Å². The van der Waals surface area contributed by atoms with Crippen LogP contribution < -0.4 is 11.1 Å². The minimum absolute atomic E-state index is 0.0534. The van der Waals surface area contributed by atoms with E-state index in [1.165, 1.54) is 6.07 Å². The number of oxime groups is 1. The summed E-state index contributed by atoms with van der Waals surface area (Å²) in [5, 5.41) is 23.9. The molecule has 1 amide bonds. The maximum atomic E-state index is 12.1. The number of aryl methyl sites for hydroxylation is 1. The molecule has 6 nitrogen and oxygen atoms in total. The van der Waals surface area contributed by atoms with Crippen LogP contribution in [0.15, 0.2) is 23.4 Å². The van der Waals surface area contributed by atoms with Crippen molar-refractivity contribution in [2.24, 2.45) is 10.9 Å². The number of nitrogens with zero attached hydrogens (tertiary/aromatic N) is 1. The van der Waals surface area contributed by atoms with Crippen LogP contribution in [0.4, 0.5) is 0 Å². The summed E-state index contributed by atoms with van der Waals surface area (Å²) in [6.45, 7) is 3.75. The number of aromatic hydroxyl groups is 1. The summed E-state index contributed by atoms with van der Waals surface area (Å²) >= 11 is 0. The fourth-order valence-corrected chi connectivity index (χ4v) is 1.72. The molecule has 1 aromatic rings. The van der Waals surface area contributed by atoms with E-state index in [0.29, 0.717) is 6.42 Å². The van der Waals surface area contributed by atoms with Crippen LogP contribution in [0, 0.1) is 6.92 Å². The first-order chi connectivity index (χ1) is 8.99. The van der Waals surface area contributed by atoms with Crippen molar-refractivity contribution in [2.75, 3.05) is 0 Å². The van der Waals surface area contributed by atoms with Crippen molar-refractivity contribution >= 4 is 11.7 Å². The second-order valence-corrected chi connectivity index (χ2v) is 4.36. The van der Waals surface area contributed by atoms with Crippen LogP contribution in [0.2, 0.25) is 0 Å². The lowest BCUT2D eigenvalue weighted by molar-refractivity contribution is 0.0942. The molecule has 0 bridgehead atoms. The highest BCUT2D eigenvalue weighted by Crippen LogP contribution is 2.18. The molecule has 0 saturated heterocycles. The summed E-state index contributed by atoms with van der Waals surface area (Å²) in [4.78, 5) is 12.1. The van der Waals surface area contributed by atoms with E-state index in [1.807, 2.05) is 13.8 Å². The van der Waals surface area contributed by atoms with Gasteiger partial charge in [-0.15, -0.1) is 0 Å². The van der Waals surface area contributed by atoms with Crippen LogP contribution in [-0.2, 0) is 0 Å². The van der Waals surface area contributed by atoms with Crippen LogP contribution in [-0.4, -0.2) is 28.1 Å². The Morgan fingerprint density at radius 1 is 1.53 bits per heavy atom. The molecule has 0 radical (unpaired) electrons. The number of amidine groups is 1. The Bertz CT molecular complexity index is 486. The SMILES string of the molecule is CCCC(NC(=O)c1cc(C)ccc1O)/C(N)=N/O. The molecule has 0 spiro atoms. The van der Waals surface area contributed by atoms with Gasteiger partial charge in [0.15, 0.2) is 5.84 Å². The molecule has 5 N–H and O–H groups in total. The van der Waals surface area contributed by atoms with Gasteiger partial charge in [-0.05, 0) is 25.5 Å². The molecular weight excluding hydrogens is 246 g/mol. The van der Waals surface area contributed by atoms with E-state index in [2.05, 4.69) is 10.5 Å². The second kappa shape index (κ2) is 6.63. The number of phenolic OH excluding ortho intramolecular Hbond substituents is 1. The molecule has 0 fully saturated rings. The lowest BCUT2D eigenvalue weighted by Gasteiger charge is -2.17. The van der Waals surface area contributed by atoms with E-state index >= 15 is 0 Å². The zero-order valence-electron chi connectivity index (χ0n) is 11.1. The number of carbonyl (C=O) groups is 1. The van der Waals surface area contributed by atoms with Gasteiger partial charge in [0.2, 0.25) is 0 Å². The molecule has 1 rings (SSSR count). The van der Waals surface area contributed by atoms with E-state index in [1.54, 1.807) is 12.1 Å². The number of amides is 1. The Balaban J connectivity index is 2.90. The number of carbonyl (C=O) groups excluding carboxylic acids is 1. The number of hydrogen-bond acceptors (Lipinski definition) is 4. The lowest BCUT2D eigenvalue weighted by atomic mass is 10.1. The van der Waals surface area contributed by atoms with Crippen molar-refractivity contribution in [3.05, 3.63) is 29.3 Å². The van der Waals surface area contributed by atoms with E-state index in [4.69, 9.17) is 10.9 Å². The first-order valence-electron chi connectivity index (χ1n) is 6.07. The highest BCUT2D eigenvalue weighted by molar-refractivity contribution is 6.00. The molecule has 0 aliphatic rings. The largest absolute Gasteiger partial charge is 0.507 e. The molecule has 0 aromatic heterocycles. The van der Waals surface area contributed by atoms with Crippen LogP contribution in [0.25, 0.3) is 0 Å². The summed E-state index contributed by atoms with van der Waals surface area (Å²) in [6.07, 6.45) is 1.31. The average molecular weight is 265 g/mol. The summed E-state index contributed by atoms with van der Waals surface area (Å²) < 4.78 is 0. The van der Waals surface area contributed by atoms with Crippen LogP contribution in [0.1, 0.15) is 35.7 Å². The number of hydrogen-bond donors (Lipinski definition) is 4. The van der Waals surface area contributed by atoms with Crippen molar-refractivity contribution in [1.82, 2.24) is 5.32 Å². The number of phenols is 1. The zero-order chi connectivity index (χ0) is 14.4. The predicted molar refractivity (Wildman–Crippen MR) is 72.4 cm³/mol. The van der Waals surface area contributed by atoms with Crippen molar-refractivity contribution in [3.63, 3.8) is 0 Å². The van der Waals surface area contributed by atoms with Gasteiger partial charge in [0.1, 0.15) is 5.75 Å². The molecule has 0 saturated carbocycles. The second-order valence-electron chi connectivity index (χ2n) is 4.36. The molecule has 1 aromatic carbocycles. The van der Waals surface area contributed by atoms with E-state index in [9.17, 15) is 9.90 Å². The van der Waals surface area contributed by atoms with Gasteiger partial charge in [-0.3, -0.25) is 4.79 Å². The summed E-state index contributed by atoms with van der Waals surface area (Å²) in [5.41, 5.74) is 6.55. The topological polar surface area (TPSA) is 108 Å². The Hall–Kier alpha value is -2.24. The molecule has 0 aliphatic carbocycles. The Kier molecular flexibility index (Phi) is 5.17. The Morgan fingerprint density at radius 2 is 2.21 bits per heavy atom. The van der Waals surface area contributed by atoms with Gasteiger partial charge in [-0.25, -0.2) is 0 Å². The van der Waals surface area contributed by atoms with Gasteiger partial charge in [0.25, 0.3) is 5.91 Å². The molecule has 1 unspecified atom stereocenters. The molecule has 6 heteroatoms. The highest BCUT2D eigenvalue weighted by atomic mass is 16.4. The quantitative estimate of drug-likeness (QED) is 0.279.